The third kappa shape index (κ3) is 4.35. The van der Waals surface area contributed by atoms with Gasteiger partial charge in [0.05, 0.1) is 33.1 Å². The van der Waals surface area contributed by atoms with E-state index in [2.05, 4.69) is 21.7 Å². The van der Waals surface area contributed by atoms with Crippen molar-refractivity contribution in [3.63, 3.8) is 0 Å². The van der Waals surface area contributed by atoms with Crippen LogP contribution in [-0.4, -0.2) is 59.7 Å². The number of benzene rings is 1. The minimum Gasteiger partial charge on any atom is -0.493 e. The number of hydrogen-bond acceptors (Lipinski definition) is 9. The number of aromatic nitrogens is 1. The van der Waals surface area contributed by atoms with Crippen LogP contribution < -0.4 is 24.8 Å². The number of ether oxygens (including phenoxy) is 5. The zero-order valence-corrected chi connectivity index (χ0v) is 17.6. The van der Waals surface area contributed by atoms with Gasteiger partial charge in [-0.1, -0.05) is 0 Å². The predicted molar refractivity (Wildman–Crippen MR) is 112 cm³/mol. The van der Waals surface area contributed by atoms with E-state index in [4.69, 9.17) is 23.7 Å². The van der Waals surface area contributed by atoms with Gasteiger partial charge < -0.3 is 34.3 Å². The highest BCUT2D eigenvalue weighted by Gasteiger charge is 2.27. The van der Waals surface area contributed by atoms with Crippen molar-refractivity contribution in [2.45, 2.75) is 6.42 Å². The quantitative estimate of drug-likeness (QED) is 0.484. The molecule has 1 aliphatic rings. The molecule has 9 nitrogen and oxygen atoms in total. The van der Waals surface area contributed by atoms with Crippen LogP contribution in [0.15, 0.2) is 12.1 Å². The Morgan fingerprint density at radius 3 is 2.33 bits per heavy atom. The van der Waals surface area contributed by atoms with Gasteiger partial charge in [0.1, 0.15) is 23.2 Å². The van der Waals surface area contributed by atoms with E-state index in [9.17, 15) is 5.26 Å². The van der Waals surface area contributed by atoms with E-state index in [-0.39, 0.29) is 0 Å². The second-order valence-electron chi connectivity index (χ2n) is 6.54. The highest BCUT2D eigenvalue weighted by Crippen LogP contribution is 2.45. The Labute approximate surface area is 175 Å². The number of anilines is 2. The standard InChI is InChI=1S/C21H26N4O5/c1-26-7-5-23-19-14-9-13-10-17(28-3)18(29-4)11-16(13)30-21(14)25-20(15(19)12-22)24-6-8-27-2/h10-11H,5-9H2,1-4H3,(H2,23,24,25). The van der Waals surface area contributed by atoms with Crippen LogP contribution in [0.1, 0.15) is 16.7 Å². The van der Waals surface area contributed by atoms with Crippen molar-refractivity contribution in [3.8, 4) is 29.2 Å². The summed E-state index contributed by atoms with van der Waals surface area (Å²) in [5.74, 6) is 2.71. The Bertz CT molecular complexity index is 942. The maximum Gasteiger partial charge on any atom is 0.226 e. The lowest BCUT2D eigenvalue weighted by molar-refractivity contribution is 0.210. The zero-order chi connectivity index (χ0) is 21.5. The molecule has 0 aliphatic carbocycles. The number of rotatable bonds is 10. The fraction of sp³-hybridized carbons (Fsp3) is 0.429. The number of methoxy groups -OCH3 is 4. The molecule has 2 N–H and O–H groups in total. The smallest absolute Gasteiger partial charge is 0.226 e. The van der Waals surface area contributed by atoms with Crippen LogP contribution in [0.3, 0.4) is 0 Å². The first kappa shape index (κ1) is 21.5. The van der Waals surface area contributed by atoms with E-state index in [1.807, 2.05) is 6.07 Å². The molecule has 1 aromatic carbocycles. The molecule has 1 aromatic heterocycles. The van der Waals surface area contributed by atoms with Crippen LogP contribution in [0, 0.1) is 11.3 Å². The number of pyridine rings is 1. The van der Waals surface area contributed by atoms with Gasteiger partial charge in [0, 0.05) is 50.9 Å². The Hall–Kier alpha value is -3.22. The van der Waals surface area contributed by atoms with Crippen molar-refractivity contribution in [3.05, 3.63) is 28.8 Å². The van der Waals surface area contributed by atoms with Gasteiger partial charge in [-0.25, -0.2) is 0 Å². The molecule has 2 aromatic rings. The molecule has 9 heteroatoms. The van der Waals surface area contributed by atoms with E-state index in [0.29, 0.717) is 72.9 Å². The van der Waals surface area contributed by atoms with Crippen LogP contribution in [0.5, 0.6) is 23.1 Å². The monoisotopic (exact) mass is 414 g/mol. The van der Waals surface area contributed by atoms with Gasteiger partial charge >= 0.3 is 0 Å². The van der Waals surface area contributed by atoms with Crippen LogP contribution in [0.25, 0.3) is 0 Å². The van der Waals surface area contributed by atoms with Crippen LogP contribution >= 0.6 is 0 Å². The number of nitriles is 1. The van der Waals surface area contributed by atoms with Crippen LogP contribution in [-0.2, 0) is 15.9 Å². The predicted octanol–water partition coefficient (Wildman–Crippen LogP) is 2.78. The van der Waals surface area contributed by atoms with Crippen molar-refractivity contribution < 1.29 is 23.7 Å². The number of nitrogens with zero attached hydrogens (tertiary/aromatic N) is 2. The van der Waals surface area contributed by atoms with Crippen molar-refractivity contribution in [1.82, 2.24) is 4.98 Å². The van der Waals surface area contributed by atoms with Crippen molar-refractivity contribution in [2.24, 2.45) is 0 Å². The summed E-state index contributed by atoms with van der Waals surface area (Å²) in [6.07, 6.45) is 0.528. The van der Waals surface area contributed by atoms with E-state index in [1.54, 1.807) is 34.5 Å². The molecule has 30 heavy (non-hydrogen) atoms. The average molecular weight is 414 g/mol. The molecule has 0 atom stereocenters. The third-order valence-electron chi connectivity index (χ3n) is 4.72. The first-order valence-corrected chi connectivity index (χ1v) is 9.52. The second-order valence-corrected chi connectivity index (χ2v) is 6.54. The van der Waals surface area contributed by atoms with Gasteiger partial charge in [-0.2, -0.15) is 10.2 Å². The van der Waals surface area contributed by atoms with Crippen LogP contribution in [0.4, 0.5) is 11.5 Å². The third-order valence-corrected chi connectivity index (χ3v) is 4.72. The van der Waals surface area contributed by atoms with Gasteiger partial charge in [-0.05, 0) is 6.07 Å². The second kappa shape index (κ2) is 10.0. The van der Waals surface area contributed by atoms with E-state index in [0.717, 1.165) is 11.1 Å². The highest BCUT2D eigenvalue weighted by atomic mass is 16.5. The Morgan fingerprint density at radius 2 is 1.70 bits per heavy atom. The first-order valence-electron chi connectivity index (χ1n) is 9.52. The summed E-state index contributed by atoms with van der Waals surface area (Å²) in [7, 11) is 6.42. The molecule has 0 fully saturated rings. The molecule has 3 rings (SSSR count). The summed E-state index contributed by atoms with van der Waals surface area (Å²) in [5, 5.41) is 16.3. The normalized spacial score (nSPS) is 11.6. The van der Waals surface area contributed by atoms with E-state index >= 15 is 0 Å². The molecule has 1 aliphatic heterocycles. The maximum absolute atomic E-state index is 9.85. The van der Waals surface area contributed by atoms with Crippen molar-refractivity contribution in [1.29, 1.82) is 5.26 Å². The summed E-state index contributed by atoms with van der Waals surface area (Å²) in [5.41, 5.74) is 2.83. The summed E-state index contributed by atoms with van der Waals surface area (Å²) >= 11 is 0. The SMILES string of the molecule is COCCNc1nc2c(c(NCCOC)c1C#N)Cc1cc(OC)c(OC)cc1O2. The summed E-state index contributed by atoms with van der Waals surface area (Å²) in [4.78, 5) is 4.59. The van der Waals surface area contributed by atoms with Gasteiger partial charge in [0.15, 0.2) is 11.5 Å². The Morgan fingerprint density at radius 1 is 1.03 bits per heavy atom. The first-order chi connectivity index (χ1) is 14.7. The highest BCUT2D eigenvalue weighted by molar-refractivity contribution is 5.76. The molecule has 0 spiro atoms. The minimum atomic E-state index is 0.425. The van der Waals surface area contributed by atoms with Gasteiger partial charge in [-0.3, -0.25) is 0 Å². The largest absolute Gasteiger partial charge is 0.493 e. The molecule has 2 heterocycles. The van der Waals surface area contributed by atoms with E-state index in [1.165, 1.54) is 0 Å². The lowest BCUT2D eigenvalue weighted by Gasteiger charge is -2.25. The number of fused-ring (bicyclic) bond motifs is 2. The number of hydrogen-bond donors (Lipinski definition) is 2. The Kier molecular flexibility index (Phi) is 7.17. The molecule has 160 valence electrons. The summed E-state index contributed by atoms with van der Waals surface area (Å²) in [6, 6.07) is 5.93. The van der Waals surface area contributed by atoms with Crippen LogP contribution in [0.2, 0.25) is 0 Å². The molecule has 0 unspecified atom stereocenters. The molecule has 0 amide bonds. The lowest BCUT2D eigenvalue weighted by atomic mass is 9.98. The lowest BCUT2D eigenvalue weighted by Crippen LogP contribution is -2.18. The molecule has 0 bridgehead atoms. The summed E-state index contributed by atoms with van der Waals surface area (Å²) < 4.78 is 27.2. The molecular formula is C21H26N4O5. The molecular weight excluding hydrogens is 388 g/mol. The molecule has 0 saturated carbocycles. The molecule has 0 radical (unpaired) electrons. The van der Waals surface area contributed by atoms with Crippen molar-refractivity contribution in [2.75, 3.05) is 65.4 Å². The molecule has 0 saturated heterocycles. The van der Waals surface area contributed by atoms with Crippen molar-refractivity contribution >= 4 is 11.5 Å². The Balaban J connectivity index is 2.06. The fourth-order valence-corrected chi connectivity index (χ4v) is 3.26. The zero-order valence-electron chi connectivity index (χ0n) is 17.6. The maximum atomic E-state index is 9.85. The van der Waals surface area contributed by atoms with Gasteiger partial charge in [0.2, 0.25) is 5.88 Å². The van der Waals surface area contributed by atoms with E-state index < -0.39 is 0 Å². The average Bonchev–Trinajstić information content (AvgIpc) is 2.77. The van der Waals surface area contributed by atoms with Gasteiger partial charge in [-0.15, -0.1) is 0 Å². The van der Waals surface area contributed by atoms with Gasteiger partial charge in [0.25, 0.3) is 0 Å². The fourth-order valence-electron chi connectivity index (χ4n) is 3.26. The number of nitrogens with one attached hydrogen (secondary N) is 2. The summed E-state index contributed by atoms with van der Waals surface area (Å²) in [6.45, 7) is 2.03. The topological polar surface area (TPSA) is 107 Å². The minimum absolute atomic E-state index is 0.425.